The van der Waals surface area contributed by atoms with Gasteiger partial charge in [0.25, 0.3) is 0 Å². The van der Waals surface area contributed by atoms with Gasteiger partial charge in [-0.15, -0.1) is 0 Å². The molecule has 0 unspecified atom stereocenters. The fourth-order valence-electron chi connectivity index (χ4n) is 4.89. The molecule has 0 aliphatic heterocycles. The van der Waals surface area contributed by atoms with Crippen molar-refractivity contribution in [2.45, 2.75) is 110 Å². The average Bonchev–Trinajstić information content (AvgIpc) is 3.11. The van der Waals surface area contributed by atoms with Crippen LogP contribution < -0.4 is 0 Å². The third kappa shape index (κ3) is 47.5. The van der Waals surface area contributed by atoms with E-state index in [1.54, 1.807) is 0 Å². The first kappa shape index (κ1) is 48.5. The first-order valence-electron chi connectivity index (χ1n) is 19.7. The van der Waals surface area contributed by atoms with Crippen molar-refractivity contribution in [3.63, 3.8) is 0 Å². The summed E-state index contributed by atoms with van der Waals surface area (Å²) >= 11 is 0. The molecule has 0 aromatic heterocycles. The fraction of sp³-hybridized carbons (Fsp3) is 1.00. The molecule has 0 rings (SSSR count). The molecular weight excluding hydrogens is 635 g/mol. The predicted molar refractivity (Wildman–Crippen MR) is 194 cm³/mol. The summed E-state index contributed by atoms with van der Waals surface area (Å²) < 4.78 is 66.2. The van der Waals surface area contributed by atoms with Crippen molar-refractivity contribution in [2.75, 3.05) is 139 Å². The highest BCUT2D eigenvalue weighted by molar-refractivity contribution is 4.50. The molecule has 0 fully saturated rings. The fourth-order valence-corrected chi connectivity index (χ4v) is 4.89. The summed E-state index contributed by atoms with van der Waals surface area (Å²) in [6.07, 6.45) is 22.2. The minimum absolute atomic E-state index is 0.119. The Morgan fingerprint density at radius 2 is 0.408 bits per heavy atom. The van der Waals surface area contributed by atoms with E-state index < -0.39 is 6.67 Å². The zero-order valence-electron chi connectivity index (χ0n) is 31.6. The van der Waals surface area contributed by atoms with Crippen LogP contribution in [0.1, 0.15) is 110 Å². The molecule has 49 heavy (non-hydrogen) atoms. The van der Waals surface area contributed by atoms with E-state index in [2.05, 4.69) is 6.92 Å². The Labute approximate surface area is 300 Å². The van der Waals surface area contributed by atoms with Crippen LogP contribution >= 0.6 is 0 Å². The standard InChI is InChI=1S/C38H77FO10/c1-2-3-4-5-6-7-8-9-10-11-12-13-14-15-16-17-19-40-21-23-42-25-27-44-29-31-46-33-35-48-37-38-49-36-34-47-32-30-45-28-26-43-24-22-41-20-18-39/h2-38H2,1H3. The Morgan fingerprint density at radius 3 is 0.633 bits per heavy atom. The van der Waals surface area contributed by atoms with Crippen LogP contribution in [-0.2, 0) is 47.4 Å². The van der Waals surface area contributed by atoms with Gasteiger partial charge in [0.05, 0.1) is 126 Å². The lowest BCUT2D eigenvalue weighted by atomic mass is 10.0. The summed E-state index contributed by atoms with van der Waals surface area (Å²) in [5.41, 5.74) is 0. The second kappa shape index (κ2) is 47.5. The number of unbranched alkanes of at least 4 members (excludes halogenated alkanes) is 15. The highest BCUT2D eigenvalue weighted by atomic mass is 19.1. The molecule has 0 spiro atoms. The molecule has 0 amide bonds. The SMILES string of the molecule is CCCCCCCCCCCCCCCCCCOCCOCCOCCOCCOCCOCCOCCOCCOCCOCCF. The Balaban J connectivity index is 3.04. The lowest BCUT2D eigenvalue weighted by Crippen LogP contribution is -2.15. The maximum Gasteiger partial charge on any atom is 0.113 e. The van der Waals surface area contributed by atoms with Gasteiger partial charge >= 0.3 is 0 Å². The molecule has 0 aromatic carbocycles. The molecule has 0 saturated carbocycles. The van der Waals surface area contributed by atoms with Gasteiger partial charge < -0.3 is 47.4 Å². The Bertz CT molecular complexity index is 519. The summed E-state index contributed by atoms with van der Waals surface area (Å²) in [7, 11) is 0. The van der Waals surface area contributed by atoms with Gasteiger partial charge in [0, 0.05) is 6.61 Å². The summed E-state index contributed by atoms with van der Waals surface area (Å²) in [5, 5.41) is 0. The van der Waals surface area contributed by atoms with Crippen molar-refractivity contribution < 1.29 is 51.8 Å². The van der Waals surface area contributed by atoms with Crippen LogP contribution in [0.2, 0.25) is 0 Å². The first-order chi connectivity index (χ1) is 24.4. The van der Waals surface area contributed by atoms with Gasteiger partial charge in [0.2, 0.25) is 0 Å². The molecule has 0 radical (unpaired) electrons. The Morgan fingerprint density at radius 1 is 0.224 bits per heavy atom. The van der Waals surface area contributed by atoms with Gasteiger partial charge in [-0.1, -0.05) is 103 Å². The lowest BCUT2D eigenvalue weighted by Gasteiger charge is -2.09. The van der Waals surface area contributed by atoms with Gasteiger partial charge in [-0.3, -0.25) is 0 Å². The normalized spacial score (nSPS) is 11.6. The minimum Gasteiger partial charge on any atom is -0.379 e. The number of halogens is 1. The maximum atomic E-state index is 11.8. The van der Waals surface area contributed by atoms with Crippen molar-refractivity contribution >= 4 is 0 Å². The molecule has 0 N–H and O–H groups in total. The van der Waals surface area contributed by atoms with Crippen molar-refractivity contribution in [3.05, 3.63) is 0 Å². The molecule has 0 aliphatic rings. The van der Waals surface area contributed by atoms with Crippen LogP contribution in [0.25, 0.3) is 0 Å². The van der Waals surface area contributed by atoms with Crippen molar-refractivity contribution in [3.8, 4) is 0 Å². The molecule has 296 valence electrons. The summed E-state index contributed by atoms with van der Waals surface area (Å²) in [6.45, 7) is 12.1. The number of alkyl halides is 1. The summed E-state index contributed by atoms with van der Waals surface area (Å²) in [4.78, 5) is 0. The van der Waals surface area contributed by atoms with E-state index >= 15 is 0 Å². The highest BCUT2D eigenvalue weighted by Crippen LogP contribution is 2.13. The van der Waals surface area contributed by atoms with Crippen molar-refractivity contribution in [1.29, 1.82) is 0 Å². The highest BCUT2D eigenvalue weighted by Gasteiger charge is 1.98. The molecule has 0 atom stereocenters. The smallest absolute Gasteiger partial charge is 0.113 e. The van der Waals surface area contributed by atoms with E-state index in [0.717, 1.165) is 13.0 Å². The van der Waals surface area contributed by atoms with Crippen molar-refractivity contribution in [2.24, 2.45) is 0 Å². The Hall–Kier alpha value is -0.470. The zero-order valence-corrected chi connectivity index (χ0v) is 31.6. The number of rotatable bonds is 46. The first-order valence-corrected chi connectivity index (χ1v) is 19.7. The van der Waals surface area contributed by atoms with E-state index in [-0.39, 0.29) is 6.61 Å². The molecule has 0 bridgehead atoms. The van der Waals surface area contributed by atoms with Crippen LogP contribution in [0.3, 0.4) is 0 Å². The third-order valence-corrected chi connectivity index (χ3v) is 7.71. The van der Waals surface area contributed by atoms with E-state index in [1.165, 1.54) is 96.3 Å². The predicted octanol–water partition coefficient (Wildman–Crippen LogP) is 7.38. The third-order valence-electron chi connectivity index (χ3n) is 7.71. The van der Waals surface area contributed by atoms with Crippen LogP contribution in [0.5, 0.6) is 0 Å². The van der Waals surface area contributed by atoms with E-state index in [1.807, 2.05) is 0 Å². The number of hydrogen-bond acceptors (Lipinski definition) is 10. The van der Waals surface area contributed by atoms with Gasteiger partial charge in [-0.25, -0.2) is 4.39 Å². The van der Waals surface area contributed by atoms with Crippen LogP contribution in [0.15, 0.2) is 0 Å². The van der Waals surface area contributed by atoms with Gasteiger partial charge in [0.1, 0.15) is 6.67 Å². The molecular formula is C38H77FO10. The number of ether oxygens (including phenoxy) is 10. The second-order valence-electron chi connectivity index (χ2n) is 12.1. The van der Waals surface area contributed by atoms with E-state index in [9.17, 15) is 4.39 Å². The van der Waals surface area contributed by atoms with Crippen LogP contribution in [0, 0.1) is 0 Å². The lowest BCUT2D eigenvalue weighted by molar-refractivity contribution is -0.0265. The van der Waals surface area contributed by atoms with Crippen LogP contribution in [0.4, 0.5) is 4.39 Å². The molecule has 0 aliphatic carbocycles. The van der Waals surface area contributed by atoms with Crippen molar-refractivity contribution in [1.82, 2.24) is 0 Å². The Kier molecular flexibility index (Phi) is 47.1. The maximum absolute atomic E-state index is 11.8. The molecule has 10 nitrogen and oxygen atoms in total. The van der Waals surface area contributed by atoms with Crippen LogP contribution in [-0.4, -0.2) is 139 Å². The average molecular weight is 713 g/mol. The quantitative estimate of drug-likeness (QED) is 0.0596. The molecule has 0 aromatic rings. The van der Waals surface area contributed by atoms with E-state index in [4.69, 9.17) is 47.4 Å². The number of hydrogen-bond donors (Lipinski definition) is 0. The topological polar surface area (TPSA) is 92.3 Å². The van der Waals surface area contributed by atoms with Gasteiger partial charge in [-0.2, -0.15) is 0 Å². The summed E-state index contributed by atoms with van der Waals surface area (Å²) in [6, 6.07) is 0. The van der Waals surface area contributed by atoms with E-state index in [0.29, 0.717) is 119 Å². The monoisotopic (exact) mass is 713 g/mol. The van der Waals surface area contributed by atoms with Gasteiger partial charge in [0.15, 0.2) is 0 Å². The largest absolute Gasteiger partial charge is 0.379 e. The molecule has 0 saturated heterocycles. The minimum atomic E-state index is -0.470. The van der Waals surface area contributed by atoms with Gasteiger partial charge in [-0.05, 0) is 6.42 Å². The molecule has 0 heterocycles. The summed E-state index contributed by atoms with van der Waals surface area (Å²) in [5.74, 6) is 0. The zero-order chi connectivity index (χ0) is 35.2. The molecule has 11 heteroatoms. The second-order valence-corrected chi connectivity index (χ2v) is 12.1.